The van der Waals surface area contributed by atoms with Crippen LogP contribution in [0.4, 0.5) is 5.95 Å². The minimum Gasteiger partial charge on any atom is -0.497 e. The fourth-order valence-electron chi connectivity index (χ4n) is 3.93. The van der Waals surface area contributed by atoms with Gasteiger partial charge in [0, 0.05) is 45.5 Å². The molecule has 0 radical (unpaired) electrons. The summed E-state index contributed by atoms with van der Waals surface area (Å²) < 4.78 is 16.8. The van der Waals surface area contributed by atoms with Gasteiger partial charge in [-0.15, -0.1) is 0 Å². The van der Waals surface area contributed by atoms with Gasteiger partial charge in [-0.05, 0) is 17.7 Å². The second-order valence-corrected chi connectivity index (χ2v) is 8.18. The Morgan fingerprint density at radius 1 is 1.16 bits per heavy atom. The van der Waals surface area contributed by atoms with Crippen molar-refractivity contribution >= 4 is 11.9 Å². The lowest BCUT2D eigenvalue weighted by molar-refractivity contribution is -0.141. The molecule has 0 saturated carbocycles. The summed E-state index contributed by atoms with van der Waals surface area (Å²) in [6.07, 6.45) is 1.51. The van der Waals surface area contributed by atoms with Crippen LogP contribution in [0.2, 0.25) is 0 Å². The average Bonchev–Trinajstić information content (AvgIpc) is 2.84. The Kier molecular flexibility index (Phi) is 7.19. The number of carbonyl (C=O) groups is 1. The standard InChI is InChI=1S/C23H31N5O4/c1-26(2)23-24-14-19(17-4-6-18(30-3)7-5-17)22(25-23)20-15-28(10-13-32-20)21(29)16-27-8-11-31-12-9-27/h4-7,14,20H,8-13,15-16H2,1-3H3. The number of methoxy groups -OCH3 is 1. The van der Waals surface area contributed by atoms with Gasteiger partial charge < -0.3 is 24.0 Å². The third-order valence-electron chi connectivity index (χ3n) is 5.79. The maximum atomic E-state index is 13.0. The van der Waals surface area contributed by atoms with Crippen molar-refractivity contribution in [1.82, 2.24) is 19.8 Å². The maximum absolute atomic E-state index is 13.0. The Morgan fingerprint density at radius 2 is 1.91 bits per heavy atom. The van der Waals surface area contributed by atoms with E-state index in [1.807, 2.05) is 54.4 Å². The van der Waals surface area contributed by atoms with Crippen molar-refractivity contribution in [3.63, 3.8) is 0 Å². The van der Waals surface area contributed by atoms with Gasteiger partial charge in [0.2, 0.25) is 11.9 Å². The van der Waals surface area contributed by atoms with E-state index < -0.39 is 0 Å². The van der Waals surface area contributed by atoms with Crippen LogP contribution >= 0.6 is 0 Å². The summed E-state index contributed by atoms with van der Waals surface area (Å²) in [6, 6.07) is 7.80. The van der Waals surface area contributed by atoms with E-state index >= 15 is 0 Å². The van der Waals surface area contributed by atoms with Crippen LogP contribution in [0.25, 0.3) is 11.1 Å². The summed E-state index contributed by atoms with van der Waals surface area (Å²) in [5.41, 5.74) is 2.66. The van der Waals surface area contributed by atoms with Gasteiger partial charge in [-0.3, -0.25) is 9.69 Å². The van der Waals surface area contributed by atoms with Gasteiger partial charge in [-0.25, -0.2) is 9.97 Å². The number of ether oxygens (including phenoxy) is 3. The molecule has 9 nitrogen and oxygen atoms in total. The van der Waals surface area contributed by atoms with E-state index in [4.69, 9.17) is 19.2 Å². The summed E-state index contributed by atoms with van der Waals surface area (Å²) >= 11 is 0. The Bertz CT molecular complexity index is 915. The van der Waals surface area contributed by atoms with E-state index in [1.165, 1.54) is 0 Å². The lowest BCUT2D eigenvalue weighted by Gasteiger charge is -2.35. The van der Waals surface area contributed by atoms with E-state index in [0.717, 1.165) is 35.7 Å². The van der Waals surface area contributed by atoms with Gasteiger partial charge in [0.25, 0.3) is 0 Å². The van der Waals surface area contributed by atoms with Crippen LogP contribution in [0, 0.1) is 0 Å². The molecule has 3 heterocycles. The fourth-order valence-corrected chi connectivity index (χ4v) is 3.93. The fraction of sp³-hybridized carbons (Fsp3) is 0.522. The van der Waals surface area contributed by atoms with Crippen LogP contribution in [0.15, 0.2) is 30.5 Å². The Labute approximate surface area is 188 Å². The number of aromatic nitrogens is 2. The molecule has 172 valence electrons. The third-order valence-corrected chi connectivity index (χ3v) is 5.79. The highest BCUT2D eigenvalue weighted by molar-refractivity contribution is 5.78. The summed E-state index contributed by atoms with van der Waals surface area (Å²) in [7, 11) is 5.46. The van der Waals surface area contributed by atoms with Crippen LogP contribution < -0.4 is 9.64 Å². The van der Waals surface area contributed by atoms with Gasteiger partial charge in [-0.1, -0.05) is 12.1 Å². The van der Waals surface area contributed by atoms with Crippen molar-refractivity contribution < 1.29 is 19.0 Å². The molecule has 2 aliphatic rings. The summed E-state index contributed by atoms with van der Waals surface area (Å²) in [5.74, 6) is 1.51. The highest BCUT2D eigenvalue weighted by atomic mass is 16.5. The zero-order chi connectivity index (χ0) is 22.5. The van der Waals surface area contributed by atoms with Crippen molar-refractivity contribution in [3.05, 3.63) is 36.2 Å². The normalized spacial score (nSPS) is 19.6. The van der Waals surface area contributed by atoms with Crippen molar-refractivity contribution in [2.24, 2.45) is 0 Å². The van der Waals surface area contributed by atoms with Crippen LogP contribution in [0.1, 0.15) is 11.8 Å². The molecule has 1 aromatic heterocycles. The maximum Gasteiger partial charge on any atom is 0.236 e. The predicted molar refractivity (Wildman–Crippen MR) is 121 cm³/mol. The molecule has 1 atom stereocenters. The van der Waals surface area contributed by atoms with Crippen LogP contribution in [-0.4, -0.2) is 99.4 Å². The molecule has 1 aromatic carbocycles. The molecule has 2 aromatic rings. The average molecular weight is 442 g/mol. The van der Waals surface area contributed by atoms with Crippen LogP contribution in [-0.2, 0) is 14.3 Å². The molecule has 32 heavy (non-hydrogen) atoms. The molecular formula is C23H31N5O4. The number of nitrogens with zero attached hydrogens (tertiary/aromatic N) is 5. The Morgan fingerprint density at radius 3 is 2.59 bits per heavy atom. The zero-order valence-electron chi connectivity index (χ0n) is 19.0. The third kappa shape index (κ3) is 5.17. The van der Waals surface area contributed by atoms with Crippen LogP contribution in [0.5, 0.6) is 5.75 Å². The monoisotopic (exact) mass is 441 g/mol. The first kappa shape index (κ1) is 22.4. The lowest BCUT2D eigenvalue weighted by Crippen LogP contribution is -2.48. The Balaban J connectivity index is 1.57. The highest BCUT2D eigenvalue weighted by Crippen LogP contribution is 2.32. The van der Waals surface area contributed by atoms with Crippen molar-refractivity contribution in [3.8, 4) is 16.9 Å². The number of hydrogen-bond acceptors (Lipinski definition) is 8. The van der Waals surface area contributed by atoms with Crippen molar-refractivity contribution in [1.29, 1.82) is 0 Å². The Hall–Kier alpha value is -2.75. The molecule has 1 amide bonds. The molecule has 2 fully saturated rings. The molecule has 2 saturated heterocycles. The van der Waals surface area contributed by atoms with Gasteiger partial charge in [0.05, 0.1) is 45.7 Å². The first-order valence-corrected chi connectivity index (χ1v) is 10.9. The minimum absolute atomic E-state index is 0.119. The second kappa shape index (κ2) is 10.2. The smallest absolute Gasteiger partial charge is 0.236 e. The number of benzene rings is 1. The lowest BCUT2D eigenvalue weighted by atomic mass is 10.0. The van der Waals surface area contributed by atoms with Gasteiger partial charge in [0.15, 0.2) is 0 Å². The van der Waals surface area contributed by atoms with E-state index in [2.05, 4.69) is 9.88 Å². The topological polar surface area (TPSA) is 80.3 Å². The molecule has 2 aliphatic heterocycles. The molecule has 4 rings (SSSR count). The van der Waals surface area contributed by atoms with Crippen molar-refractivity contribution in [2.75, 3.05) is 78.6 Å². The number of anilines is 1. The number of rotatable bonds is 6. The number of amides is 1. The highest BCUT2D eigenvalue weighted by Gasteiger charge is 2.30. The van der Waals surface area contributed by atoms with Crippen LogP contribution in [0.3, 0.4) is 0 Å². The second-order valence-electron chi connectivity index (χ2n) is 8.18. The summed E-state index contributed by atoms with van der Waals surface area (Å²) in [4.78, 5) is 28.2. The molecule has 0 spiro atoms. The van der Waals surface area contributed by atoms with E-state index in [1.54, 1.807) is 7.11 Å². The molecule has 0 N–H and O–H groups in total. The largest absolute Gasteiger partial charge is 0.497 e. The first-order valence-electron chi connectivity index (χ1n) is 10.9. The van der Waals surface area contributed by atoms with E-state index in [9.17, 15) is 4.79 Å². The number of carbonyl (C=O) groups excluding carboxylic acids is 1. The summed E-state index contributed by atoms with van der Waals surface area (Å²) in [5, 5.41) is 0. The van der Waals surface area contributed by atoms with Gasteiger partial charge >= 0.3 is 0 Å². The van der Waals surface area contributed by atoms with E-state index in [-0.39, 0.29) is 12.0 Å². The SMILES string of the molecule is COc1ccc(-c2cnc(N(C)C)nc2C2CN(C(=O)CN3CCOCC3)CCO2)cc1. The molecular weight excluding hydrogens is 410 g/mol. The molecule has 0 aliphatic carbocycles. The predicted octanol–water partition coefficient (Wildman–Crippen LogP) is 1.45. The van der Waals surface area contributed by atoms with E-state index in [0.29, 0.717) is 45.4 Å². The first-order chi connectivity index (χ1) is 15.5. The van der Waals surface area contributed by atoms with Crippen molar-refractivity contribution in [2.45, 2.75) is 6.10 Å². The van der Waals surface area contributed by atoms with Gasteiger partial charge in [-0.2, -0.15) is 0 Å². The molecule has 0 bridgehead atoms. The number of hydrogen-bond donors (Lipinski definition) is 0. The van der Waals surface area contributed by atoms with Gasteiger partial charge in [0.1, 0.15) is 11.9 Å². The minimum atomic E-state index is -0.323. The number of morpholine rings is 2. The zero-order valence-corrected chi connectivity index (χ0v) is 19.0. The molecule has 1 unspecified atom stereocenters. The quantitative estimate of drug-likeness (QED) is 0.667. The molecule has 9 heteroatoms. The summed E-state index contributed by atoms with van der Waals surface area (Å²) in [6.45, 7) is 4.88.